The maximum atomic E-state index is 5.93. The fourth-order valence-corrected chi connectivity index (χ4v) is 2.01. The summed E-state index contributed by atoms with van der Waals surface area (Å²) in [5.41, 5.74) is 2.01. The molecule has 0 aliphatic heterocycles. The van der Waals surface area contributed by atoms with Crippen molar-refractivity contribution in [1.82, 2.24) is 5.32 Å². The van der Waals surface area contributed by atoms with Crippen LogP contribution < -0.4 is 10.1 Å². The second-order valence-corrected chi connectivity index (χ2v) is 5.00. The van der Waals surface area contributed by atoms with Gasteiger partial charge in [-0.25, -0.2) is 0 Å². The van der Waals surface area contributed by atoms with Gasteiger partial charge in [-0.15, -0.1) is 0 Å². The van der Waals surface area contributed by atoms with Crippen LogP contribution in [-0.4, -0.2) is 33.7 Å². The van der Waals surface area contributed by atoms with Crippen molar-refractivity contribution >= 4 is 6.08 Å². The van der Waals surface area contributed by atoms with E-state index in [2.05, 4.69) is 11.9 Å². The lowest BCUT2D eigenvalue weighted by molar-refractivity contribution is -0.156. The Kier molecular flexibility index (Phi) is 8.80. The molecule has 0 heterocycles. The number of rotatable bonds is 10. The fraction of sp³-hybridized carbons (Fsp3) is 0.368. The van der Waals surface area contributed by atoms with Crippen LogP contribution >= 0.6 is 0 Å². The monoisotopic (exact) mass is 317 g/mol. The highest BCUT2D eigenvalue weighted by molar-refractivity contribution is 5.55. The average molecular weight is 317 g/mol. The molecule has 23 heavy (non-hydrogen) atoms. The van der Waals surface area contributed by atoms with Crippen molar-refractivity contribution in [2.24, 2.45) is 0 Å². The molecule has 0 radical (unpaired) electrons. The van der Waals surface area contributed by atoms with Crippen molar-refractivity contribution in [3.05, 3.63) is 60.3 Å². The highest BCUT2D eigenvalue weighted by Gasteiger charge is 2.20. The Morgan fingerprint density at radius 2 is 1.83 bits per heavy atom. The molecule has 0 aliphatic carbocycles. The highest BCUT2D eigenvalue weighted by Crippen LogP contribution is 2.18. The summed E-state index contributed by atoms with van der Waals surface area (Å²) >= 11 is 0. The van der Waals surface area contributed by atoms with Crippen molar-refractivity contribution in [1.29, 1.82) is 0 Å². The number of allylic oxidation sites excluding steroid dienone is 3. The van der Waals surface area contributed by atoms with Gasteiger partial charge in [0, 0.05) is 21.3 Å². The normalized spacial score (nSPS) is 12.9. The molecule has 1 rings (SSSR count). The third-order valence-corrected chi connectivity index (χ3v) is 3.29. The Balaban J connectivity index is 2.67. The van der Waals surface area contributed by atoms with Gasteiger partial charge in [-0.2, -0.15) is 0 Å². The lowest BCUT2D eigenvalue weighted by Gasteiger charge is -2.24. The van der Waals surface area contributed by atoms with Gasteiger partial charge >= 0.3 is 0 Å². The predicted octanol–water partition coefficient (Wildman–Crippen LogP) is 3.77. The van der Waals surface area contributed by atoms with Gasteiger partial charge in [-0.05, 0) is 42.0 Å². The first-order chi connectivity index (χ1) is 11.1. The first kappa shape index (κ1) is 19.0. The third-order valence-electron chi connectivity index (χ3n) is 3.29. The van der Waals surface area contributed by atoms with Crippen molar-refractivity contribution in [2.45, 2.75) is 25.7 Å². The molecule has 1 aromatic rings. The molecular formula is C19H27NO3. The van der Waals surface area contributed by atoms with E-state index >= 15 is 0 Å². The zero-order valence-electron chi connectivity index (χ0n) is 14.4. The largest absolute Gasteiger partial charge is 0.485 e. The molecule has 4 heteroatoms. The summed E-state index contributed by atoms with van der Waals surface area (Å²) in [6.07, 6.45) is 8.01. The summed E-state index contributed by atoms with van der Waals surface area (Å²) in [5, 5.41) is 2.93. The molecule has 0 aliphatic rings. The van der Waals surface area contributed by atoms with Gasteiger partial charge in [-0.3, -0.25) is 0 Å². The van der Waals surface area contributed by atoms with E-state index < -0.39 is 0 Å². The van der Waals surface area contributed by atoms with E-state index in [0.29, 0.717) is 0 Å². The Hall–Kier alpha value is -2.04. The average Bonchev–Trinajstić information content (AvgIpc) is 2.59. The quantitative estimate of drug-likeness (QED) is 0.527. The second-order valence-electron chi connectivity index (χ2n) is 5.00. The summed E-state index contributed by atoms with van der Waals surface area (Å²) in [6.45, 7) is 5.99. The zero-order chi connectivity index (χ0) is 17.1. The van der Waals surface area contributed by atoms with Crippen LogP contribution in [0.4, 0.5) is 0 Å². The van der Waals surface area contributed by atoms with Crippen molar-refractivity contribution in [3.63, 3.8) is 0 Å². The number of hydrogen-bond acceptors (Lipinski definition) is 4. The SMILES string of the molecule is C=C(/C=C\NC)/C=C/c1ccc(OC(CC)C(OC)OC)cc1. The number of hydrogen-bond donors (Lipinski definition) is 1. The molecule has 0 aromatic heterocycles. The Labute approximate surface area is 139 Å². The second kappa shape index (κ2) is 10.6. The third kappa shape index (κ3) is 6.72. The molecule has 0 bridgehead atoms. The lowest BCUT2D eigenvalue weighted by atomic mass is 10.1. The van der Waals surface area contributed by atoms with Crippen LogP contribution in [0.1, 0.15) is 18.9 Å². The molecule has 1 atom stereocenters. The maximum Gasteiger partial charge on any atom is 0.194 e. The summed E-state index contributed by atoms with van der Waals surface area (Å²) in [5.74, 6) is 0.794. The van der Waals surface area contributed by atoms with Crippen molar-refractivity contribution in [3.8, 4) is 5.75 Å². The van der Waals surface area contributed by atoms with Crippen LogP contribution in [0.3, 0.4) is 0 Å². The molecule has 126 valence electrons. The van der Waals surface area contributed by atoms with Gasteiger partial charge in [0.05, 0.1) is 0 Å². The van der Waals surface area contributed by atoms with E-state index in [0.717, 1.165) is 23.3 Å². The molecule has 0 spiro atoms. The number of nitrogens with one attached hydrogen (secondary N) is 1. The minimum absolute atomic E-state index is 0.141. The molecule has 1 aromatic carbocycles. The summed E-state index contributed by atoms with van der Waals surface area (Å²) in [4.78, 5) is 0. The highest BCUT2D eigenvalue weighted by atomic mass is 16.7. The first-order valence-electron chi connectivity index (χ1n) is 7.67. The molecule has 0 saturated carbocycles. The Morgan fingerprint density at radius 1 is 1.17 bits per heavy atom. The molecule has 1 unspecified atom stereocenters. The molecule has 1 N–H and O–H groups in total. The molecule has 0 amide bonds. The van der Waals surface area contributed by atoms with Crippen LogP contribution in [0.5, 0.6) is 5.75 Å². The number of benzene rings is 1. The minimum atomic E-state index is -0.373. The lowest BCUT2D eigenvalue weighted by Crippen LogP contribution is -2.34. The minimum Gasteiger partial charge on any atom is -0.485 e. The van der Waals surface area contributed by atoms with Crippen LogP contribution in [0, 0.1) is 0 Å². The van der Waals surface area contributed by atoms with Gasteiger partial charge in [-0.1, -0.05) is 37.8 Å². The smallest absolute Gasteiger partial charge is 0.194 e. The van der Waals surface area contributed by atoms with Gasteiger partial charge in [0.15, 0.2) is 6.29 Å². The maximum absolute atomic E-state index is 5.93. The standard InChI is InChI=1S/C19H27NO3/c1-6-18(19(21-4)22-5)23-17-11-9-16(10-12-17)8-7-15(2)13-14-20-3/h7-14,18-20H,2,6H2,1,3-5H3/b8-7+,14-13-. The Bertz CT molecular complexity index is 516. The van der Waals surface area contributed by atoms with Gasteiger partial charge in [0.2, 0.25) is 0 Å². The molecule has 4 nitrogen and oxygen atoms in total. The molecule has 0 saturated heterocycles. The van der Waals surface area contributed by atoms with Gasteiger partial charge in [0.1, 0.15) is 11.9 Å². The van der Waals surface area contributed by atoms with Crippen LogP contribution in [0.25, 0.3) is 6.08 Å². The van der Waals surface area contributed by atoms with Crippen molar-refractivity contribution < 1.29 is 14.2 Å². The van der Waals surface area contributed by atoms with Crippen LogP contribution in [0.15, 0.2) is 54.8 Å². The van der Waals surface area contributed by atoms with Crippen LogP contribution in [0.2, 0.25) is 0 Å². The van der Waals surface area contributed by atoms with E-state index in [1.807, 2.05) is 62.7 Å². The van der Waals surface area contributed by atoms with E-state index in [4.69, 9.17) is 14.2 Å². The Morgan fingerprint density at radius 3 is 2.35 bits per heavy atom. The molecule has 0 fully saturated rings. The topological polar surface area (TPSA) is 39.7 Å². The zero-order valence-corrected chi connectivity index (χ0v) is 14.4. The first-order valence-corrected chi connectivity index (χ1v) is 7.67. The van der Waals surface area contributed by atoms with Crippen molar-refractivity contribution in [2.75, 3.05) is 21.3 Å². The van der Waals surface area contributed by atoms with E-state index in [1.54, 1.807) is 14.2 Å². The van der Waals surface area contributed by atoms with Gasteiger partial charge < -0.3 is 19.5 Å². The van der Waals surface area contributed by atoms with Crippen LogP contribution in [-0.2, 0) is 9.47 Å². The van der Waals surface area contributed by atoms with E-state index in [1.165, 1.54) is 0 Å². The van der Waals surface area contributed by atoms with Gasteiger partial charge in [0.25, 0.3) is 0 Å². The summed E-state index contributed by atoms with van der Waals surface area (Å²) in [7, 11) is 5.08. The summed E-state index contributed by atoms with van der Waals surface area (Å²) in [6, 6.07) is 7.89. The molecular weight excluding hydrogens is 290 g/mol. The predicted molar refractivity (Wildman–Crippen MR) is 95.3 cm³/mol. The fourth-order valence-electron chi connectivity index (χ4n) is 2.01. The van der Waals surface area contributed by atoms with E-state index in [9.17, 15) is 0 Å². The number of methoxy groups -OCH3 is 2. The van der Waals surface area contributed by atoms with E-state index in [-0.39, 0.29) is 12.4 Å². The number of ether oxygens (including phenoxy) is 3. The summed E-state index contributed by atoms with van der Waals surface area (Å²) < 4.78 is 16.5.